The minimum Gasteiger partial charge on any atom is -0.350 e. The summed E-state index contributed by atoms with van der Waals surface area (Å²) in [4.78, 5) is 28.4. The van der Waals surface area contributed by atoms with E-state index < -0.39 is 0 Å². The fourth-order valence-electron chi connectivity index (χ4n) is 4.52. The molecule has 26 heavy (non-hydrogen) atoms. The Labute approximate surface area is 155 Å². The van der Waals surface area contributed by atoms with Gasteiger partial charge in [-0.3, -0.25) is 14.5 Å². The van der Waals surface area contributed by atoms with Crippen LogP contribution in [0.5, 0.6) is 0 Å². The molecule has 0 aromatic heterocycles. The second kappa shape index (κ2) is 7.39. The minimum atomic E-state index is 0.00800. The Hall–Kier alpha value is -1.88. The number of aryl methyl sites for hydroxylation is 1. The fraction of sp³-hybridized carbons (Fsp3) is 0.619. The van der Waals surface area contributed by atoms with E-state index in [9.17, 15) is 9.59 Å². The van der Waals surface area contributed by atoms with Gasteiger partial charge in [0.05, 0.1) is 6.54 Å². The van der Waals surface area contributed by atoms with Gasteiger partial charge in [0.15, 0.2) is 0 Å². The number of likely N-dealkylation sites (tertiary alicyclic amines) is 2. The van der Waals surface area contributed by atoms with Crippen LogP contribution in [-0.4, -0.2) is 53.8 Å². The van der Waals surface area contributed by atoms with Crippen molar-refractivity contribution in [2.75, 3.05) is 26.2 Å². The van der Waals surface area contributed by atoms with E-state index >= 15 is 0 Å². The van der Waals surface area contributed by atoms with Crippen LogP contribution in [0.1, 0.15) is 36.8 Å². The lowest BCUT2D eigenvalue weighted by Gasteiger charge is -2.22. The molecule has 1 saturated carbocycles. The Morgan fingerprint density at radius 2 is 2.04 bits per heavy atom. The Balaban J connectivity index is 1.36. The number of rotatable bonds is 6. The van der Waals surface area contributed by atoms with E-state index in [0.717, 1.165) is 38.5 Å². The van der Waals surface area contributed by atoms with Crippen LogP contribution in [0.2, 0.25) is 0 Å². The van der Waals surface area contributed by atoms with Crippen LogP contribution in [0.25, 0.3) is 0 Å². The quantitative estimate of drug-likeness (QED) is 0.849. The monoisotopic (exact) mass is 355 g/mol. The second-order valence-corrected chi connectivity index (χ2v) is 8.21. The molecule has 4 rings (SSSR count). The average molecular weight is 355 g/mol. The smallest absolute Gasteiger partial charge is 0.239 e. The third-order valence-electron chi connectivity index (χ3n) is 6.18. The van der Waals surface area contributed by atoms with Gasteiger partial charge in [0, 0.05) is 38.6 Å². The summed E-state index contributed by atoms with van der Waals surface area (Å²) < 4.78 is 0. The standard InChI is InChI=1S/C21H29N3O2/c1-15-5-2-3-6-17(15)11-23-12-18(16-8-9-16)19(13-23)22-20(25)14-24-10-4-7-21(24)26/h2-3,5-6,16,18-19H,4,7-14H2,1H3,(H,22,25)/t18-,19+/m1/s1. The molecule has 5 heteroatoms. The first-order valence-corrected chi connectivity index (χ1v) is 9.94. The molecule has 0 unspecified atom stereocenters. The number of carbonyl (C=O) groups is 2. The summed E-state index contributed by atoms with van der Waals surface area (Å²) in [5.41, 5.74) is 2.70. The molecule has 1 N–H and O–H groups in total. The third-order valence-corrected chi connectivity index (χ3v) is 6.18. The van der Waals surface area contributed by atoms with Crippen molar-refractivity contribution in [3.05, 3.63) is 35.4 Å². The van der Waals surface area contributed by atoms with Gasteiger partial charge in [-0.15, -0.1) is 0 Å². The largest absolute Gasteiger partial charge is 0.350 e. The van der Waals surface area contributed by atoms with Crippen LogP contribution < -0.4 is 5.32 Å². The zero-order valence-corrected chi connectivity index (χ0v) is 15.6. The number of carbonyl (C=O) groups excluding carboxylic acids is 2. The fourth-order valence-corrected chi connectivity index (χ4v) is 4.52. The van der Waals surface area contributed by atoms with Crippen molar-refractivity contribution < 1.29 is 9.59 Å². The van der Waals surface area contributed by atoms with E-state index in [2.05, 4.69) is 41.4 Å². The number of benzene rings is 1. The van der Waals surface area contributed by atoms with Crippen molar-refractivity contribution >= 4 is 11.8 Å². The number of nitrogens with zero attached hydrogens (tertiary/aromatic N) is 2. The van der Waals surface area contributed by atoms with E-state index in [1.165, 1.54) is 24.0 Å². The summed E-state index contributed by atoms with van der Waals surface area (Å²) >= 11 is 0. The van der Waals surface area contributed by atoms with Crippen molar-refractivity contribution in [3.63, 3.8) is 0 Å². The topological polar surface area (TPSA) is 52.7 Å². The number of amides is 2. The lowest BCUT2D eigenvalue weighted by atomic mass is 9.98. The number of hydrogen-bond acceptors (Lipinski definition) is 3. The lowest BCUT2D eigenvalue weighted by molar-refractivity contribution is -0.133. The zero-order valence-electron chi connectivity index (χ0n) is 15.6. The summed E-state index contributed by atoms with van der Waals surface area (Å²) in [5, 5.41) is 3.25. The Morgan fingerprint density at radius 3 is 2.73 bits per heavy atom. The molecule has 2 atom stereocenters. The van der Waals surface area contributed by atoms with Crippen molar-refractivity contribution in [1.29, 1.82) is 0 Å². The highest BCUT2D eigenvalue weighted by Crippen LogP contribution is 2.41. The molecule has 2 saturated heterocycles. The van der Waals surface area contributed by atoms with E-state index in [-0.39, 0.29) is 24.4 Å². The molecule has 3 fully saturated rings. The molecule has 1 aliphatic carbocycles. The molecule has 1 aromatic rings. The van der Waals surface area contributed by atoms with Crippen molar-refractivity contribution in [2.45, 2.75) is 45.2 Å². The molecule has 2 amide bonds. The van der Waals surface area contributed by atoms with Gasteiger partial charge in [0.2, 0.25) is 11.8 Å². The maximum Gasteiger partial charge on any atom is 0.239 e. The number of hydrogen-bond donors (Lipinski definition) is 1. The van der Waals surface area contributed by atoms with Crippen LogP contribution in [0.4, 0.5) is 0 Å². The lowest BCUT2D eigenvalue weighted by Crippen LogP contribution is -2.46. The van der Waals surface area contributed by atoms with Crippen LogP contribution in [0.15, 0.2) is 24.3 Å². The normalized spacial score (nSPS) is 26.5. The van der Waals surface area contributed by atoms with Gasteiger partial charge in [-0.1, -0.05) is 24.3 Å². The first kappa shape index (κ1) is 17.5. The summed E-state index contributed by atoms with van der Waals surface area (Å²) in [7, 11) is 0. The van der Waals surface area contributed by atoms with Gasteiger partial charge in [-0.2, -0.15) is 0 Å². The highest BCUT2D eigenvalue weighted by Gasteiger charge is 2.43. The molecular formula is C21H29N3O2. The molecule has 3 aliphatic rings. The SMILES string of the molecule is Cc1ccccc1CN1C[C@H](NC(=O)CN2CCCC2=O)[C@@H](C2CC2)C1. The van der Waals surface area contributed by atoms with Crippen LogP contribution >= 0.6 is 0 Å². The van der Waals surface area contributed by atoms with Crippen LogP contribution in [0, 0.1) is 18.8 Å². The predicted molar refractivity (Wildman–Crippen MR) is 100 cm³/mol. The molecule has 0 spiro atoms. The van der Waals surface area contributed by atoms with Gasteiger partial charge in [0.25, 0.3) is 0 Å². The van der Waals surface area contributed by atoms with Crippen molar-refractivity contribution in [1.82, 2.24) is 15.1 Å². The van der Waals surface area contributed by atoms with Gasteiger partial charge >= 0.3 is 0 Å². The highest BCUT2D eigenvalue weighted by molar-refractivity contribution is 5.86. The van der Waals surface area contributed by atoms with Crippen molar-refractivity contribution in [3.8, 4) is 0 Å². The van der Waals surface area contributed by atoms with E-state index in [0.29, 0.717) is 12.3 Å². The molecule has 5 nitrogen and oxygen atoms in total. The predicted octanol–water partition coefficient (Wildman–Crippen LogP) is 1.94. The maximum absolute atomic E-state index is 12.5. The molecule has 0 radical (unpaired) electrons. The molecule has 2 heterocycles. The zero-order chi connectivity index (χ0) is 18.1. The summed E-state index contributed by atoms with van der Waals surface area (Å²) in [6.45, 7) is 6.04. The molecular weight excluding hydrogens is 326 g/mol. The average Bonchev–Trinajstić information content (AvgIpc) is 3.27. The van der Waals surface area contributed by atoms with E-state index in [4.69, 9.17) is 0 Å². The van der Waals surface area contributed by atoms with Gasteiger partial charge in [-0.25, -0.2) is 0 Å². The second-order valence-electron chi connectivity index (χ2n) is 8.21. The minimum absolute atomic E-state index is 0.00800. The summed E-state index contributed by atoms with van der Waals surface area (Å²) in [6, 6.07) is 8.76. The third kappa shape index (κ3) is 3.93. The van der Waals surface area contributed by atoms with Crippen LogP contribution in [0.3, 0.4) is 0 Å². The van der Waals surface area contributed by atoms with Gasteiger partial charge < -0.3 is 10.2 Å². The molecule has 2 aliphatic heterocycles. The van der Waals surface area contributed by atoms with Gasteiger partial charge in [0.1, 0.15) is 0 Å². The summed E-state index contributed by atoms with van der Waals surface area (Å²) in [6.07, 6.45) is 4.05. The highest BCUT2D eigenvalue weighted by atomic mass is 16.2. The number of nitrogens with one attached hydrogen (secondary N) is 1. The molecule has 1 aromatic carbocycles. The Morgan fingerprint density at radius 1 is 1.23 bits per heavy atom. The van der Waals surface area contributed by atoms with E-state index in [1.807, 2.05) is 0 Å². The maximum atomic E-state index is 12.5. The Bertz CT molecular complexity index is 686. The van der Waals surface area contributed by atoms with E-state index in [1.54, 1.807) is 4.90 Å². The van der Waals surface area contributed by atoms with Crippen molar-refractivity contribution in [2.24, 2.45) is 11.8 Å². The molecule has 0 bridgehead atoms. The van der Waals surface area contributed by atoms with Gasteiger partial charge in [-0.05, 0) is 49.1 Å². The first-order chi connectivity index (χ1) is 12.6. The summed E-state index contributed by atoms with van der Waals surface area (Å²) in [5.74, 6) is 1.44. The molecule has 140 valence electrons. The van der Waals surface area contributed by atoms with Crippen LogP contribution in [-0.2, 0) is 16.1 Å². The Kier molecular flexibility index (Phi) is 4.98. The first-order valence-electron chi connectivity index (χ1n) is 9.94.